The summed E-state index contributed by atoms with van der Waals surface area (Å²) in [6.07, 6.45) is 7.92. The van der Waals surface area contributed by atoms with Gasteiger partial charge in [0.2, 0.25) is 0 Å². The molecule has 0 radical (unpaired) electrons. The van der Waals surface area contributed by atoms with Crippen LogP contribution in [0.3, 0.4) is 0 Å². The molecule has 0 amide bonds. The molecule has 146 valence electrons. The molecule has 4 bridgehead atoms. The summed E-state index contributed by atoms with van der Waals surface area (Å²) in [5.41, 5.74) is 3.15. The highest BCUT2D eigenvalue weighted by molar-refractivity contribution is 5.97. The van der Waals surface area contributed by atoms with Crippen LogP contribution in [0.2, 0.25) is 0 Å². The Labute approximate surface area is 166 Å². The van der Waals surface area contributed by atoms with Crippen molar-refractivity contribution >= 4 is 5.78 Å². The van der Waals surface area contributed by atoms with Gasteiger partial charge in [0.05, 0.1) is 0 Å². The van der Waals surface area contributed by atoms with Crippen LogP contribution in [0.4, 0.5) is 0 Å². The zero-order valence-corrected chi connectivity index (χ0v) is 16.3. The third-order valence-electron chi connectivity index (χ3n) is 7.27. The predicted molar refractivity (Wildman–Crippen MR) is 108 cm³/mol. The highest BCUT2D eigenvalue weighted by Gasteiger charge is 2.51. The predicted octanol–water partition coefficient (Wildman–Crippen LogP) is 4.91. The summed E-state index contributed by atoms with van der Waals surface area (Å²) in [5, 5.41) is 9.42. The van der Waals surface area contributed by atoms with Crippen molar-refractivity contribution in [1.29, 1.82) is 0 Å². The van der Waals surface area contributed by atoms with Crippen molar-refractivity contribution in [1.82, 2.24) is 0 Å². The van der Waals surface area contributed by atoms with E-state index in [9.17, 15) is 9.90 Å². The van der Waals surface area contributed by atoms with Crippen LogP contribution in [-0.4, -0.2) is 17.5 Å². The summed E-state index contributed by atoms with van der Waals surface area (Å²) in [7, 11) is 0. The fraction of sp³-hybridized carbons (Fsp3) is 0.480. The first-order chi connectivity index (χ1) is 13.6. The molecule has 4 fully saturated rings. The molecular weight excluding hydrogens is 348 g/mol. The summed E-state index contributed by atoms with van der Waals surface area (Å²) in [4.78, 5) is 12.3. The average molecular weight is 376 g/mol. The van der Waals surface area contributed by atoms with Gasteiger partial charge in [-0.15, -0.1) is 0 Å². The Balaban J connectivity index is 1.48. The van der Waals surface area contributed by atoms with Crippen LogP contribution in [0.5, 0.6) is 5.75 Å². The fourth-order valence-electron chi connectivity index (χ4n) is 6.45. The first-order valence-electron chi connectivity index (χ1n) is 10.6. The zero-order valence-electron chi connectivity index (χ0n) is 16.3. The number of carbonyl (C=O) groups excluding carboxylic acids is 1. The molecule has 0 saturated heterocycles. The molecule has 0 atom stereocenters. The molecule has 28 heavy (non-hydrogen) atoms. The maximum atomic E-state index is 12.3. The van der Waals surface area contributed by atoms with E-state index in [2.05, 4.69) is 6.07 Å². The lowest BCUT2D eigenvalue weighted by molar-refractivity contribution is -0.00531. The molecule has 0 heterocycles. The third-order valence-corrected chi connectivity index (χ3v) is 7.27. The molecule has 3 heteroatoms. The van der Waals surface area contributed by atoms with E-state index >= 15 is 0 Å². The Kier molecular flexibility index (Phi) is 4.51. The maximum Gasteiger partial charge on any atom is 0.188 e. The molecule has 1 N–H and O–H groups in total. The standard InChI is InChI=1S/C25H28O3/c26-15-24(27)21-9-22(11-23(10-21)28-16-17-4-2-1-3-5-17)25-12-18-6-19(13-25)8-20(7-18)14-25/h1-5,9-11,18-20,26H,6-8,12-16H2. The molecule has 2 aromatic rings. The molecule has 0 spiro atoms. The second kappa shape index (κ2) is 7.04. The van der Waals surface area contributed by atoms with Crippen LogP contribution < -0.4 is 4.74 Å². The number of aliphatic hydroxyl groups excluding tert-OH is 1. The van der Waals surface area contributed by atoms with E-state index in [4.69, 9.17) is 4.74 Å². The Morgan fingerprint density at radius 1 is 0.964 bits per heavy atom. The van der Waals surface area contributed by atoms with Crippen molar-refractivity contribution in [2.45, 2.75) is 50.5 Å². The Morgan fingerprint density at radius 2 is 1.61 bits per heavy atom. The Hall–Kier alpha value is -2.13. The van der Waals surface area contributed by atoms with Crippen LogP contribution in [-0.2, 0) is 12.0 Å². The topological polar surface area (TPSA) is 46.5 Å². The van der Waals surface area contributed by atoms with E-state index in [1.165, 1.54) is 44.1 Å². The van der Waals surface area contributed by atoms with Gasteiger partial charge in [-0.3, -0.25) is 4.79 Å². The first-order valence-corrected chi connectivity index (χ1v) is 10.6. The smallest absolute Gasteiger partial charge is 0.188 e. The van der Waals surface area contributed by atoms with Gasteiger partial charge < -0.3 is 9.84 Å². The minimum absolute atomic E-state index is 0.200. The van der Waals surface area contributed by atoms with Crippen molar-refractivity contribution in [3.63, 3.8) is 0 Å². The van der Waals surface area contributed by atoms with Crippen molar-refractivity contribution < 1.29 is 14.6 Å². The molecular formula is C25H28O3. The lowest BCUT2D eigenvalue weighted by Crippen LogP contribution is -2.48. The number of aliphatic hydroxyl groups is 1. The largest absolute Gasteiger partial charge is 0.489 e. The van der Waals surface area contributed by atoms with E-state index in [0.717, 1.165) is 29.1 Å². The van der Waals surface area contributed by atoms with Crippen molar-refractivity contribution in [3.8, 4) is 5.75 Å². The molecule has 0 aliphatic heterocycles. The van der Waals surface area contributed by atoms with E-state index in [1.807, 2.05) is 36.4 Å². The minimum atomic E-state index is -0.456. The second-order valence-electron chi connectivity index (χ2n) is 9.30. The highest BCUT2D eigenvalue weighted by atomic mass is 16.5. The van der Waals surface area contributed by atoms with Crippen LogP contribution in [0.1, 0.15) is 60.0 Å². The van der Waals surface area contributed by atoms with Gasteiger partial charge in [-0.05, 0) is 91.0 Å². The van der Waals surface area contributed by atoms with Crippen molar-refractivity contribution in [3.05, 3.63) is 65.2 Å². The Morgan fingerprint density at radius 3 is 2.21 bits per heavy atom. The number of carbonyl (C=O) groups is 1. The molecule has 4 aliphatic carbocycles. The third kappa shape index (κ3) is 3.26. The quantitative estimate of drug-likeness (QED) is 0.729. The number of hydrogen-bond acceptors (Lipinski definition) is 3. The number of rotatable bonds is 6. The van der Waals surface area contributed by atoms with E-state index in [1.54, 1.807) is 6.07 Å². The van der Waals surface area contributed by atoms with Crippen molar-refractivity contribution in [2.24, 2.45) is 17.8 Å². The van der Waals surface area contributed by atoms with Gasteiger partial charge in [0.1, 0.15) is 19.0 Å². The molecule has 4 saturated carbocycles. The van der Waals surface area contributed by atoms with Crippen LogP contribution in [0, 0.1) is 17.8 Å². The van der Waals surface area contributed by atoms with E-state index in [-0.39, 0.29) is 11.2 Å². The van der Waals surface area contributed by atoms with Gasteiger partial charge in [-0.25, -0.2) is 0 Å². The molecule has 6 rings (SSSR count). The summed E-state index contributed by atoms with van der Waals surface area (Å²) in [6, 6.07) is 16.1. The monoisotopic (exact) mass is 376 g/mol. The van der Waals surface area contributed by atoms with Crippen LogP contribution in [0.25, 0.3) is 0 Å². The number of benzene rings is 2. The number of hydrogen-bond donors (Lipinski definition) is 1. The highest BCUT2D eigenvalue weighted by Crippen LogP contribution is 2.61. The zero-order chi connectivity index (χ0) is 19.1. The molecule has 4 aliphatic rings. The van der Waals surface area contributed by atoms with Gasteiger partial charge in [0.15, 0.2) is 5.78 Å². The molecule has 0 unspecified atom stereocenters. The van der Waals surface area contributed by atoms with E-state index in [0.29, 0.717) is 12.2 Å². The van der Waals surface area contributed by atoms with Gasteiger partial charge in [0.25, 0.3) is 0 Å². The summed E-state index contributed by atoms with van der Waals surface area (Å²) >= 11 is 0. The van der Waals surface area contributed by atoms with Gasteiger partial charge in [-0.2, -0.15) is 0 Å². The lowest BCUT2D eigenvalue weighted by Gasteiger charge is -2.57. The van der Waals surface area contributed by atoms with Crippen LogP contribution >= 0.6 is 0 Å². The van der Waals surface area contributed by atoms with E-state index < -0.39 is 6.61 Å². The summed E-state index contributed by atoms with van der Waals surface area (Å²) in [5.74, 6) is 3.05. The molecule has 2 aromatic carbocycles. The van der Waals surface area contributed by atoms with Crippen LogP contribution in [0.15, 0.2) is 48.5 Å². The molecule has 3 nitrogen and oxygen atoms in total. The fourth-order valence-corrected chi connectivity index (χ4v) is 6.45. The average Bonchev–Trinajstić information content (AvgIpc) is 2.71. The second-order valence-corrected chi connectivity index (χ2v) is 9.30. The normalized spacial score (nSPS) is 30.4. The summed E-state index contributed by atoms with van der Waals surface area (Å²) < 4.78 is 6.10. The number of ketones is 1. The van der Waals surface area contributed by atoms with Gasteiger partial charge in [0, 0.05) is 5.56 Å². The van der Waals surface area contributed by atoms with Gasteiger partial charge >= 0.3 is 0 Å². The minimum Gasteiger partial charge on any atom is -0.489 e. The SMILES string of the molecule is O=C(CO)c1cc(OCc2ccccc2)cc(C23CC4CC(CC(C4)C2)C3)c1. The van der Waals surface area contributed by atoms with Crippen molar-refractivity contribution in [2.75, 3.05) is 6.61 Å². The number of ether oxygens (including phenoxy) is 1. The first kappa shape index (κ1) is 17.9. The van der Waals surface area contributed by atoms with Gasteiger partial charge in [-0.1, -0.05) is 30.3 Å². The number of Topliss-reactive ketones (excluding diaryl/α,β-unsaturated/α-hetero) is 1. The Bertz CT molecular complexity index is 835. The summed E-state index contributed by atoms with van der Waals surface area (Å²) in [6.45, 7) is 0.0282. The maximum absolute atomic E-state index is 12.3. The lowest BCUT2D eigenvalue weighted by atomic mass is 9.48. The molecule has 0 aromatic heterocycles.